The van der Waals surface area contributed by atoms with Crippen LogP contribution in [0.3, 0.4) is 0 Å². The second-order valence-corrected chi connectivity index (χ2v) is 5.81. The van der Waals surface area contributed by atoms with Crippen LogP contribution in [0.1, 0.15) is 47.0 Å². The zero-order valence-electron chi connectivity index (χ0n) is 11.0. The molecule has 0 heterocycles. The smallest absolute Gasteiger partial charge is 0.237 e. The van der Waals surface area contributed by atoms with Crippen LogP contribution >= 0.6 is 0 Å². The van der Waals surface area contributed by atoms with Crippen LogP contribution in [0.4, 0.5) is 0 Å². The molecule has 1 unspecified atom stereocenters. The van der Waals surface area contributed by atoms with E-state index in [4.69, 9.17) is 16.2 Å². The normalized spacial score (nSPS) is 15.8. The van der Waals surface area contributed by atoms with Gasteiger partial charge in [0, 0.05) is 13.2 Å². The molecule has 0 aromatic carbocycles. The maximum atomic E-state index is 10.9. The molecule has 0 bridgehead atoms. The standard InChI is InChI=1S/C12H26N2O2/c1-11(2,3)7-9-16-8-5-6-12(4,14)10(13)15/h5-9,14H2,1-4H3,(H2,13,15). The van der Waals surface area contributed by atoms with Crippen molar-refractivity contribution in [3.63, 3.8) is 0 Å². The average Bonchev–Trinajstić information content (AvgIpc) is 2.09. The highest BCUT2D eigenvalue weighted by molar-refractivity contribution is 5.83. The molecule has 0 aliphatic rings. The minimum absolute atomic E-state index is 0.301. The fourth-order valence-electron chi connectivity index (χ4n) is 1.15. The summed E-state index contributed by atoms with van der Waals surface area (Å²) in [6.07, 6.45) is 2.36. The highest BCUT2D eigenvalue weighted by Gasteiger charge is 2.24. The van der Waals surface area contributed by atoms with Crippen molar-refractivity contribution in [3.8, 4) is 0 Å². The summed E-state index contributed by atoms with van der Waals surface area (Å²) in [5, 5.41) is 0. The van der Waals surface area contributed by atoms with Crippen LogP contribution < -0.4 is 11.5 Å². The zero-order valence-corrected chi connectivity index (χ0v) is 11.0. The summed E-state index contributed by atoms with van der Waals surface area (Å²) in [5.74, 6) is -0.456. The molecular formula is C12H26N2O2. The summed E-state index contributed by atoms with van der Waals surface area (Å²) in [7, 11) is 0. The van der Waals surface area contributed by atoms with Crippen molar-refractivity contribution in [2.24, 2.45) is 16.9 Å². The van der Waals surface area contributed by atoms with Gasteiger partial charge in [-0.25, -0.2) is 0 Å². The van der Waals surface area contributed by atoms with Gasteiger partial charge in [-0.3, -0.25) is 4.79 Å². The van der Waals surface area contributed by atoms with E-state index in [1.165, 1.54) is 0 Å². The Morgan fingerprint density at radius 2 is 1.69 bits per heavy atom. The Bertz CT molecular complexity index is 220. The van der Waals surface area contributed by atoms with E-state index in [0.29, 0.717) is 18.4 Å². The second-order valence-electron chi connectivity index (χ2n) is 5.81. The lowest BCUT2D eigenvalue weighted by Crippen LogP contribution is -2.49. The number of carbonyl (C=O) groups is 1. The van der Waals surface area contributed by atoms with Gasteiger partial charge in [0.25, 0.3) is 0 Å². The van der Waals surface area contributed by atoms with E-state index in [9.17, 15) is 4.79 Å². The third-order valence-electron chi connectivity index (χ3n) is 2.54. The van der Waals surface area contributed by atoms with Crippen LogP contribution in [0, 0.1) is 5.41 Å². The van der Waals surface area contributed by atoms with E-state index in [-0.39, 0.29) is 0 Å². The molecule has 1 amide bonds. The first-order chi connectivity index (χ1) is 7.15. The van der Waals surface area contributed by atoms with Crippen molar-refractivity contribution in [2.45, 2.75) is 52.5 Å². The topological polar surface area (TPSA) is 78.3 Å². The fourth-order valence-corrected chi connectivity index (χ4v) is 1.15. The zero-order chi connectivity index (χ0) is 12.8. The van der Waals surface area contributed by atoms with Gasteiger partial charge >= 0.3 is 0 Å². The van der Waals surface area contributed by atoms with Crippen molar-refractivity contribution in [2.75, 3.05) is 13.2 Å². The maximum Gasteiger partial charge on any atom is 0.237 e. The van der Waals surface area contributed by atoms with Crippen molar-refractivity contribution >= 4 is 5.91 Å². The molecule has 0 aromatic rings. The lowest BCUT2D eigenvalue weighted by atomic mass is 9.93. The molecule has 1 atom stereocenters. The van der Waals surface area contributed by atoms with Crippen LogP contribution in [0.5, 0.6) is 0 Å². The molecule has 4 heteroatoms. The molecule has 0 saturated carbocycles. The summed E-state index contributed by atoms with van der Waals surface area (Å²) in [6.45, 7) is 9.59. The van der Waals surface area contributed by atoms with E-state index in [1.807, 2.05) is 0 Å². The minimum Gasteiger partial charge on any atom is -0.381 e. The van der Waals surface area contributed by atoms with E-state index in [1.54, 1.807) is 6.92 Å². The SMILES string of the molecule is CC(C)(C)CCOCCCC(C)(N)C(N)=O. The molecule has 0 saturated heterocycles. The van der Waals surface area contributed by atoms with Gasteiger partial charge in [-0.05, 0) is 31.6 Å². The largest absolute Gasteiger partial charge is 0.381 e. The van der Waals surface area contributed by atoms with Gasteiger partial charge in [0.1, 0.15) is 0 Å². The Kier molecular flexibility index (Phi) is 5.97. The highest BCUT2D eigenvalue weighted by Crippen LogP contribution is 2.18. The third kappa shape index (κ3) is 7.65. The molecule has 0 rings (SSSR count). The lowest BCUT2D eigenvalue weighted by Gasteiger charge is -2.20. The van der Waals surface area contributed by atoms with Crippen molar-refractivity contribution < 1.29 is 9.53 Å². The Labute approximate surface area is 98.7 Å². The van der Waals surface area contributed by atoms with Crippen LogP contribution in [0.2, 0.25) is 0 Å². The van der Waals surface area contributed by atoms with Gasteiger partial charge in [-0.2, -0.15) is 0 Å². The van der Waals surface area contributed by atoms with Gasteiger partial charge < -0.3 is 16.2 Å². The lowest BCUT2D eigenvalue weighted by molar-refractivity contribution is -0.122. The predicted molar refractivity (Wildman–Crippen MR) is 65.9 cm³/mol. The Hall–Kier alpha value is -0.610. The molecule has 4 N–H and O–H groups in total. The first-order valence-electron chi connectivity index (χ1n) is 5.82. The van der Waals surface area contributed by atoms with Gasteiger partial charge in [0.15, 0.2) is 0 Å². The monoisotopic (exact) mass is 230 g/mol. The Balaban J connectivity index is 3.52. The first kappa shape index (κ1) is 15.4. The predicted octanol–water partition coefficient (Wildman–Crippen LogP) is 1.42. The van der Waals surface area contributed by atoms with Gasteiger partial charge in [-0.1, -0.05) is 20.8 Å². The molecule has 0 aromatic heterocycles. The number of hydrogen-bond donors (Lipinski definition) is 2. The third-order valence-corrected chi connectivity index (χ3v) is 2.54. The van der Waals surface area contributed by atoms with Gasteiger partial charge in [0.2, 0.25) is 5.91 Å². The summed E-state index contributed by atoms with van der Waals surface area (Å²) < 4.78 is 5.48. The van der Waals surface area contributed by atoms with E-state index >= 15 is 0 Å². The minimum atomic E-state index is -0.909. The number of amides is 1. The van der Waals surface area contributed by atoms with Gasteiger partial charge in [0.05, 0.1) is 5.54 Å². The molecule has 0 radical (unpaired) electrons. The number of ether oxygens (including phenoxy) is 1. The van der Waals surface area contributed by atoms with Crippen molar-refractivity contribution in [3.05, 3.63) is 0 Å². The van der Waals surface area contributed by atoms with Crippen LogP contribution in [-0.2, 0) is 9.53 Å². The number of hydrogen-bond acceptors (Lipinski definition) is 3. The Morgan fingerprint density at radius 1 is 1.12 bits per heavy atom. The van der Waals surface area contributed by atoms with E-state index in [0.717, 1.165) is 19.4 Å². The van der Waals surface area contributed by atoms with E-state index < -0.39 is 11.4 Å². The first-order valence-corrected chi connectivity index (χ1v) is 5.82. The average molecular weight is 230 g/mol. The molecule has 16 heavy (non-hydrogen) atoms. The second kappa shape index (κ2) is 6.21. The van der Waals surface area contributed by atoms with E-state index in [2.05, 4.69) is 20.8 Å². The molecule has 0 aliphatic carbocycles. The van der Waals surface area contributed by atoms with Crippen LogP contribution in [-0.4, -0.2) is 24.7 Å². The highest BCUT2D eigenvalue weighted by atomic mass is 16.5. The molecule has 0 spiro atoms. The van der Waals surface area contributed by atoms with Crippen molar-refractivity contribution in [1.82, 2.24) is 0 Å². The summed E-state index contributed by atoms with van der Waals surface area (Å²) in [4.78, 5) is 10.9. The maximum absolute atomic E-state index is 10.9. The van der Waals surface area contributed by atoms with Crippen LogP contribution in [0.25, 0.3) is 0 Å². The molecular weight excluding hydrogens is 204 g/mol. The van der Waals surface area contributed by atoms with Crippen molar-refractivity contribution in [1.29, 1.82) is 0 Å². The molecule has 4 nitrogen and oxygen atoms in total. The molecule has 0 fully saturated rings. The number of rotatable bonds is 7. The summed E-state index contributed by atoms with van der Waals surface area (Å²) in [5.41, 5.74) is 10.3. The summed E-state index contributed by atoms with van der Waals surface area (Å²) >= 11 is 0. The summed E-state index contributed by atoms with van der Waals surface area (Å²) in [6, 6.07) is 0. The molecule has 96 valence electrons. The fraction of sp³-hybridized carbons (Fsp3) is 0.917. The van der Waals surface area contributed by atoms with Crippen LogP contribution in [0.15, 0.2) is 0 Å². The number of carbonyl (C=O) groups excluding carboxylic acids is 1. The number of nitrogens with two attached hydrogens (primary N) is 2. The van der Waals surface area contributed by atoms with Gasteiger partial charge in [-0.15, -0.1) is 0 Å². The quantitative estimate of drug-likeness (QED) is 0.649. The number of primary amides is 1. The molecule has 0 aliphatic heterocycles. The Morgan fingerprint density at radius 3 is 2.12 bits per heavy atom.